The molecule has 0 saturated heterocycles. The first kappa shape index (κ1) is 11.3. The Bertz CT molecular complexity index is 545. The summed E-state index contributed by atoms with van der Waals surface area (Å²) in [5.41, 5.74) is 2.11. The molecule has 94 valence electrons. The van der Waals surface area contributed by atoms with Gasteiger partial charge >= 0.3 is 0 Å². The Morgan fingerprint density at radius 2 is 2.11 bits per heavy atom. The van der Waals surface area contributed by atoms with E-state index in [1.165, 1.54) is 0 Å². The van der Waals surface area contributed by atoms with Crippen molar-refractivity contribution in [3.05, 3.63) is 36.2 Å². The Balaban J connectivity index is 2.03. The number of nitrogens with zero attached hydrogens (tertiary/aromatic N) is 2. The van der Waals surface area contributed by atoms with E-state index in [0.717, 1.165) is 42.1 Å². The summed E-state index contributed by atoms with van der Waals surface area (Å²) >= 11 is 0. The Hall–Kier alpha value is -1.81. The first-order chi connectivity index (χ1) is 8.79. The second kappa shape index (κ2) is 4.46. The van der Waals surface area contributed by atoms with E-state index in [0.29, 0.717) is 0 Å². The van der Waals surface area contributed by atoms with Gasteiger partial charge in [0.25, 0.3) is 0 Å². The van der Waals surface area contributed by atoms with Gasteiger partial charge in [0.05, 0.1) is 7.11 Å². The largest absolute Gasteiger partial charge is 0.497 e. The Labute approximate surface area is 106 Å². The van der Waals surface area contributed by atoms with E-state index in [4.69, 9.17) is 4.74 Å². The van der Waals surface area contributed by atoms with Crippen LogP contribution in [0, 0.1) is 0 Å². The van der Waals surface area contributed by atoms with Crippen molar-refractivity contribution in [2.24, 2.45) is 0 Å². The summed E-state index contributed by atoms with van der Waals surface area (Å²) in [5, 5.41) is 10.1. The second-order valence-corrected chi connectivity index (χ2v) is 4.54. The molecule has 1 unspecified atom stereocenters. The number of methoxy groups -OCH3 is 1. The Morgan fingerprint density at radius 3 is 2.83 bits per heavy atom. The lowest BCUT2D eigenvalue weighted by Crippen LogP contribution is -2.17. The van der Waals surface area contributed by atoms with Crippen LogP contribution in [0.3, 0.4) is 0 Å². The molecule has 1 aromatic carbocycles. The van der Waals surface area contributed by atoms with Gasteiger partial charge in [0.2, 0.25) is 0 Å². The van der Waals surface area contributed by atoms with Gasteiger partial charge in [-0.3, -0.25) is 0 Å². The zero-order valence-corrected chi connectivity index (χ0v) is 10.3. The highest BCUT2D eigenvalue weighted by atomic mass is 16.5. The summed E-state index contributed by atoms with van der Waals surface area (Å²) in [6.45, 7) is 0. The molecular formula is C14H16N2O2. The van der Waals surface area contributed by atoms with Crippen molar-refractivity contribution in [2.75, 3.05) is 7.11 Å². The predicted octanol–water partition coefficient (Wildman–Crippen LogP) is 2.39. The van der Waals surface area contributed by atoms with E-state index in [2.05, 4.69) is 4.98 Å². The lowest BCUT2D eigenvalue weighted by molar-refractivity contribution is 0.0807. The van der Waals surface area contributed by atoms with Crippen LogP contribution in [-0.2, 0) is 6.42 Å². The molecular weight excluding hydrogens is 228 g/mol. The van der Waals surface area contributed by atoms with Crippen LogP contribution in [0.5, 0.6) is 5.75 Å². The van der Waals surface area contributed by atoms with Crippen LogP contribution in [0.25, 0.3) is 11.4 Å². The van der Waals surface area contributed by atoms with Crippen LogP contribution in [0.1, 0.15) is 24.8 Å². The number of imidazole rings is 1. The van der Waals surface area contributed by atoms with Gasteiger partial charge in [-0.25, -0.2) is 4.98 Å². The molecule has 0 saturated carbocycles. The minimum Gasteiger partial charge on any atom is -0.497 e. The van der Waals surface area contributed by atoms with Crippen LogP contribution in [-0.4, -0.2) is 21.8 Å². The number of aromatic nitrogens is 2. The van der Waals surface area contributed by atoms with E-state index in [9.17, 15) is 5.11 Å². The highest BCUT2D eigenvalue weighted by Gasteiger charge is 2.21. The lowest BCUT2D eigenvalue weighted by Gasteiger charge is -2.22. The average Bonchev–Trinajstić information content (AvgIpc) is 2.84. The number of aliphatic hydroxyl groups is 1. The van der Waals surface area contributed by atoms with Gasteiger partial charge in [0.1, 0.15) is 17.8 Å². The first-order valence-corrected chi connectivity index (χ1v) is 6.18. The molecule has 1 aliphatic rings. The SMILES string of the molecule is COc1ccc(-c2ncc3n2C(O)CCC3)cc1. The molecule has 0 amide bonds. The molecule has 3 rings (SSSR count). The summed E-state index contributed by atoms with van der Waals surface area (Å²) in [6.07, 6.45) is 4.22. The number of ether oxygens (including phenoxy) is 1. The van der Waals surface area contributed by atoms with E-state index < -0.39 is 6.23 Å². The Kier molecular flexibility index (Phi) is 2.80. The van der Waals surface area contributed by atoms with Gasteiger partial charge < -0.3 is 14.4 Å². The molecule has 0 bridgehead atoms. The molecule has 4 heteroatoms. The summed E-state index contributed by atoms with van der Waals surface area (Å²) in [5.74, 6) is 1.66. The molecule has 1 aliphatic heterocycles. The molecule has 0 spiro atoms. The molecule has 2 aromatic rings. The fourth-order valence-corrected chi connectivity index (χ4v) is 2.46. The maximum Gasteiger partial charge on any atom is 0.142 e. The molecule has 0 radical (unpaired) electrons. The minimum absolute atomic E-state index is 0.451. The number of aliphatic hydroxyl groups excluding tert-OH is 1. The maximum absolute atomic E-state index is 10.1. The monoisotopic (exact) mass is 244 g/mol. The topological polar surface area (TPSA) is 47.3 Å². The number of rotatable bonds is 2. The molecule has 0 aliphatic carbocycles. The number of benzene rings is 1. The van der Waals surface area contributed by atoms with E-state index >= 15 is 0 Å². The minimum atomic E-state index is -0.451. The normalized spacial score (nSPS) is 18.4. The maximum atomic E-state index is 10.1. The first-order valence-electron chi connectivity index (χ1n) is 6.18. The van der Waals surface area contributed by atoms with Gasteiger partial charge in [-0.05, 0) is 43.5 Å². The van der Waals surface area contributed by atoms with Gasteiger partial charge in [0, 0.05) is 17.5 Å². The quantitative estimate of drug-likeness (QED) is 0.882. The third-order valence-electron chi connectivity index (χ3n) is 3.41. The van der Waals surface area contributed by atoms with Crippen molar-refractivity contribution in [3.63, 3.8) is 0 Å². The van der Waals surface area contributed by atoms with Crippen LogP contribution in [0.15, 0.2) is 30.5 Å². The van der Waals surface area contributed by atoms with Crippen molar-refractivity contribution in [2.45, 2.75) is 25.5 Å². The highest BCUT2D eigenvalue weighted by molar-refractivity contribution is 5.57. The van der Waals surface area contributed by atoms with Gasteiger partial charge in [-0.1, -0.05) is 0 Å². The molecule has 1 aromatic heterocycles. The van der Waals surface area contributed by atoms with E-state index in [1.807, 2.05) is 35.0 Å². The van der Waals surface area contributed by atoms with Crippen molar-refractivity contribution in [1.29, 1.82) is 0 Å². The number of hydrogen-bond donors (Lipinski definition) is 1. The average molecular weight is 244 g/mol. The van der Waals surface area contributed by atoms with Crippen molar-refractivity contribution >= 4 is 0 Å². The Morgan fingerprint density at radius 1 is 1.33 bits per heavy atom. The highest BCUT2D eigenvalue weighted by Crippen LogP contribution is 2.30. The standard InChI is InChI=1S/C14H16N2O2/c1-18-12-7-5-10(6-8-12)14-15-9-11-3-2-4-13(17)16(11)14/h5-9,13,17H,2-4H2,1H3. The molecule has 4 nitrogen and oxygen atoms in total. The number of hydrogen-bond acceptors (Lipinski definition) is 3. The van der Waals surface area contributed by atoms with E-state index in [1.54, 1.807) is 7.11 Å². The van der Waals surface area contributed by atoms with Gasteiger partial charge in [-0.2, -0.15) is 0 Å². The van der Waals surface area contributed by atoms with Gasteiger partial charge in [0.15, 0.2) is 0 Å². The molecule has 0 fully saturated rings. The van der Waals surface area contributed by atoms with Crippen molar-refractivity contribution < 1.29 is 9.84 Å². The fraction of sp³-hybridized carbons (Fsp3) is 0.357. The van der Waals surface area contributed by atoms with Crippen LogP contribution >= 0.6 is 0 Å². The molecule has 1 atom stereocenters. The molecule has 18 heavy (non-hydrogen) atoms. The zero-order valence-electron chi connectivity index (χ0n) is 10.3. The smallest absolute Gasteiger partial charge is 0.142 e. The van der Waals surface area contributed by atoms with E-state index in [-0.39, 0.29) is 0 Å². The van der Waals surface area contributed by atoms with Crippen LogP contribution in [0.2, 0.25) is 0 Å². The zero-order chi connectivity index (χ0) is 12.5. The summed E-state index contributed by atoms with van der Waals surface area (Å²) < 4.78 is 7.08. The van der Waals surface area contributed by atoms with Gasteiger partial charge in [-0.15, -0.1) is 0 Å². The summed E-state index contributed by atoms with van der Waals surface area (Å²) in [4.78, 5) is 4.44. The molecule has 1 N–H and O–H groups in total. The summed E-state index contributed by atoms with van der Waals surface area (Å²) in [7, 11) is 1.65. The lowest BCUT2D eigenvalue weighted by atomic mass is 10.1. The predicted molar refractivity (Wildman–Crippen MR) is 68.4 cm³/mol. The second-order valence-electron chi connectivity index (χ2n) is 4.54. The summed E-state index contributed by atoms with van der Waals surface area (Å²) in [6, 6.07) is 7.75. The number of fused-ring (bicyclic) bond motifs is 1. The van der Waals surface area contributed by atoms with Crippen molar-refractivity contribution in [1.82, 2.24) is 9.55 Å². The van der Waals surface area contributed by atoms with Crippen LogP contribution < -0.4 is 4.74 Å². The fourth-order valence-electron chi connectivity index (χ4n) is 2.46. The van der Waals surface area contributed by atoms with Crippen LogP contribution in [0.4, 0.5) is 0 Å². The third-order valence-corrected chi connectivity index (χ3v) is 3.41. The third kappa shape index (κ3) is 1.78. The molecule has 2 heterocycles. The van der Waals surface area contributed by atoms with Crippen molar-refractivity contribution in [3.8, 4) is 17.1 Å². The number of aryl methyl sites for hydroxylation is 1.